The monoisotopic (exact) mass is 892 g/mol. The van der Waals surface area contributed by atoms with Crippen LogP contribution < -0.4 is 10.9 Å². The summed E-state index contributed by atoms with van der Waals surface area (Å²) in [5.41, 5.74) is -3.43. The van der Waals surface area contributed by atoms with Crippen LogP contribution in [0.15, 0.2) is 77.6 Å². The zero-order valence-electron chi connectivity index (χ0n) is 31.4. The van der Waals surface area contributed by atoms with E-state index in [-0.39, 0.29) is 5.71 Å². The van der Waals surface area contributed by atoms with Crippen LogP contribution in [0.25, 0.3) is 5.57 Å². The Morgan fingerprint density at radius 1 is 0.767 bits per heavy atom. The Bertz CT molecular complexity index is 2350. The Hall–Kier alpha value is -4.59. The predicted octanol–water partition coefficient (Wildman–Crippen LogP) is 8.79. The summed E-state index contributed by atoms with van der Waals surface area (Å²) in [5.74, 6) is -5.18. The molecule has 4 aromatic carbocycles. The van der Waals surface area contributed by atoms with Gasteiger partial charge in [0.05, 0.1) is 28.7 Å². The molecule has 8 nitrogen and oxygen atoms in total. The highest BCUT2D eigenvalue weighted by atomic mass is 35.5. The first kappa shape index (κ1) is 46.5. The number of hydrogen-bond donors (Lipinski definition) is 3. The van der Waals surface area contributed by atoms with Crippen LogP contribution >= 0.6 is 23.2 Å². The number of oxime groups is 2. The van der Waals surface area contributed by atoms with Gasteiger partial charge in [0.15, 0.2) is 0 Å². The van der Waals surface area contributed by atoms with Crippen molar-refractivity contribution in [2.75, 3.05) is 0 Å². The number of rotatable bonds is 4. The average Bonchev–Trinajstić information content (AvgIpc) is 3.78. The molecule has 4 aromatic rings. The largest absolute Gasteiger partial charge is 0.492 e. The van der Waals surface area contributed by atoms with Crippen LogP contribution in [-0.2, 0) is 30.9 Å². The van der Waals surface area contributed by atoms with Crippen molar-refractivity contribution in [3.8, 4) is 0 Å². The molecule has 0 fully saturated rings. The third-order valence-electron chi connectivity index (χ3n) is 9.62. The van der Waals surface area contributed by atoms with Gasteiger partial charge in [-0.05, 0) is 103 Å². The summed E-state index contributed by atoms with van der Waals surface area (Å²) < 4.78 is 143. The lowest BCUT2D eigenvalue weighted by molar-refractivity contribution is -0.276. The van der Waals surface area contributed by atoms with E-state index in [0.29, 0.717) is 40.9 Å². The zero-order chi connectivity index (χ0) is 44.9. The van der Waals surface area contributed by atoms with Crippen molar-refractivity contribution in [3.05, 3.63) is 134 Å². The molecule has 60 heavy (non-hydrogen) atoms. The van der Waals surface area contributed by atoms with E-state index in [9.17, 15) is 54.0 Å². The van der Waals surface area contributed by atoms with Crippen molar-refractivity contribution in [2.24, 2.45) is 10.3 Å². The first-order valence-electron chi connectivity index (χ1n) is 17.2. The van der Waals surface area contributed by atoms with Gasteiger partial charge in [0.1, 0.15) is 33.3 Å². The lowest BCUT2D eigenvalue weighted by Gasteiger charge is -2.29. The van der Waals surface area contributed by atoms with E-state index in [1.54, 1.807) is 32.0 Å². The van der Waals surface area contributed by atoms with Gasteiger partial charge in [-0.1, -0.05) is 64.4 Å². The average molecular weight is 893 g/mol. The normalized spacial score (nSPS) is 18.9. The van der Waals surface area contributed by atoms with Crippen LogP contribution in [0.5, 0.6) is 0 Å². The number of allylic oxidation sites excluding steroid dienone is 1. The summed E-state index contributed by atoms with van der Waals surface area (Å²) in [5, 5.41) is 32.9. The molecule has 0 aliphatic carbocycles. The summed E-state index contributed by atoms with van der Waals surface area (Å²) in [7, 11) is -2.02. The van der Waals surface area contributed by atoms with Gasteiger partial charge in [-0.3, -0.25) is 0 Å². The molecule has 1 unspecified atom stereocenters. The molecule has 0 bridgehead atoms. The van der Waals surface area contributed by atoms with Gasteiger partial charge >= 0.3 is 26.6 Å². The number of benzene rings is 4. The second-order valence-electron chi connectivity index (χ2n) is 14.5. The molecule has 7 rings (SSSR count). The first-order chi connectivity index (χ1) is 27.6. The Morgan fingerprint density at radius 3 is 1.70 bits per heavy atom. The van der Waals surface area contributed by atoms with E-state index in [2.05, 4.69) is 16.9 Å². The lowest BCUT2D eigenvalue weighted by Crippen LogP contribution is -2.43. The van der Waals surface area contributed by atoms with Crippen LogP contribution in [0.3, 0.4) is 0 Å². The molecule has 0 saturated heterocycles. The van der Waals surface area contributed by atoms with Crippen LogP contribution in [0.2, 0.25) is 10.0 Å². The summed E-state index contributed by atoms with van der Waals surface area (Å²) in [6.45, 7) is 9.90. The van der Waals surface area contributed by atoms with Gasteiger partial charge < -0.3 is 29.4 Å². The molecule has 22 heteroatoms. The van der Waals surface area contributed by atoms with Gasteiger partial charge in [0, 0.05) is 12.0 Å². The molecular formula is C38H30B2Cl2F10N2O6. The molecule has 318 valence electrons. The summed E-state index contributed by atoms with van der Waals surface area (Å²) in [4.78, 5) is 4.81. The van der Waals surface area contributed by atoms with E-state index < -0.39 is 99.8 Å². The maximum absolute atomic E-state index is 14.0. The minimum absolute atomic E-state index is 0.0666. The predicted molar refractivity (Wildman–Crippen MR) is 203 cm³/mol. The first-order valence-corrected chi connectivity index (χ1v) is 18.0. The van der Waals surface area contributed by atoms with E-state index >= 15 is 0 Å². The Labute approximate surface area is 345 Å². The summed E-state index contributed by atoms with van der Waals surface area (Å²) >= 11 is 10.5. The van der Waals surface area contributed by atoms with Crippen molar-refractivity contribution in [1.29, 1.82) is 0 Å². The van der Waals surface area contributed by atoms with E-state index in [1.165, 1.54) is 18.3 Å². The highest BCUT2D eigenvalue weighted by Gasteiger charge is 2.63. The topological polar surface area (TPSA) is 113 Å². The molecule has 0 amide bonds. The molecule has 3 N–H and O–H groups in total. The van der Waals surface area contributed by atoms with Crippen LogP contribution in [0.4, 0.5) is 43.9 Å². The smallest absolute Gasteiger partial charge is 0.423 e. The Balaban J connectivity index is 0.000000191. The third kappa shape index (κ3) is 9.18. The van der Waals surface area contributed by atoms with Gasteiger partial charge in [-0.2, -0.15) is 26.3 Å². The maximum atomic E-state index is 14.0. The van der Waals surface area contributed by atoms with Gasteiger partial charge in [0.2, 0.25) is 0 Å². The van der Waals surface area contributed by atoms with Crippen LogP contribution in [0, 0.1) is 23.3 Å². The Morgan fingerprint density at radius 2 is 1.23 bits per heavy atom. The maximum Gasteiger partial charge on any atom is 0.492 e. The molecule has 0 radical (unpaired) electrons. The van der Waals surface area contributed by atoms with Crippen molar-refractivity contribution in [3.63, 3.8) is 0 Å². The van der Waals surface area contributed by atoms with Crippen molar-refractivity contribution >= 4 is 65.9 Å². The van der Waals surface area contributed by atoms with E-state index in [4.69, 9.17) is 42.6 Å². The molecule has 3 aliphatic rings. The number of fused-ring (bicyclic) bond motifs is 2. The van der Waals surface area contributed by atoms with Crippen LogP contribution in [0.1, 0.15) is 67.5 Å². The fourth-order valence-electron chi connectivity index (χ4n) is 6.48. The standard InChI is InChI=1S/C19H14BClF5NO3.C10H12BNO3.C9H4ClF5/c1-17(2)11-5-9(3-4-12(11)20(28)29-17)15-8-18(30-27-15,19(24,25)26)10-6-13(22)16(21)14(23)7-10;1-10(2)8-5-7(6-12-14)3-4-9(8)11(13)15-10;1-4(9(13,14)15)5-2-6(11)8(10)7(12)3-5/h3-7,28H,8H2,1-2H3;3-6,13-14H,1-2H3;2-3H,1H2/b;12-6+;. The molecule has 1 atom stereocenters. The highest BCUT2D eigenvalue weighted by molar-refractivity contribution is 6.62. The van der Waals surface area contributed by atoms with Crippen molar-refractivity contribution in [2.45, 2.75) is 63.3 Å². The molecular weight excluding hydrogens is 863 g/mol. The third-order valence-corrected chi connectivity index (χ3v) is 10.3. The SMILES string of the molecule is C=C(c1cc(F)c(Cl)c(F)c1)C(F)(F)F.CC1(C)OB(O)c2ccc(/C=N/O)cc21.CC1(C)OB(O)c2ccc(C3=NOC(c4cc(F)c(Cl)c(F)c4)(C(F)(F)F)C3)cc21. The second kappa shape index (κ2) is 16.7. The molecule has 0 aromatic heterocycles. The second-order valence-corrected chi connectivity index (χ2v) is 15.2. The Kier molecular flexibility index (Phi) is 12.9. The minimum atomic E-state index is -5.03. The zero-order valence-corrected chi connectivity index (χ0v) is 32.9. The molecule has 3 heterocycles. The number of alkyl halides is 6. The van der Waals surface area contributed by atoms with Crippen molar-refractivity contribution in [1.82, 2.24) is 0 Å². The van der Waals surface area contributed by atoms with Gasteiger partial charge in [-0.15, -0.1) is 0 Å². The summed E-state index contributed by atoms with van der Waals surface area (Å²) in [6, 6.07) is 11.9. The quantitative estimate of drug-likeness (QED) is 0.0472. The van der Waals surface area contributed by atoms with Crippen LogP contribution in [-0.4, -0.2) is 53.8 Å². The van der Waals surface area contributed by atoms with E-state index in [0.717, 1.165) is 16.6 Å². The summed E-state index contributed by atoms with van der Waals surface area (Å²) in [6.07, 6.45) is -9.21. The molecule has 0 spiro atoms. The van der Waals surface area contributed by atoms with Crippen molar-refractivity contribution < 1.29 is 73.3 Å². The number of halogens is 12. The fourth-order valence-corrected chi connectivity index (χ4v) is 6.70. The molecule has 0 saturated carbocycles. The minimum Gasteiger partial charge on any atom is -0.423 e. The fraction of sp³-hybridized carbons (Fsp3) is 0.263. The highest BCUT2D eigenvalue weighted by Crippen LogP contribution is 2.50. The lowest BCUT2D eigenvalue weighted by atomic mass is 9.77. The number of nitrogens with zero attached hydrogens (tertiary/aromatic N) is 2. The number of hydrogen-bond acceptors (Lipinski definition) is 8. The van der Waals surface area contributed by atoms with E-state index in [1.807, 2.05) is 19.9 Å². The molecule has 3 aliphatic heterocycles. The van der Waals surface area contributed by atoms with Gasteiger partial charge in [-0.25, -0.2) is 17.6 Å². The van der Waals surface area contributed by atoms with Gasteiger partial charge in [0.25, 0.3) is 5.60 Å².